The number of nitrogens with two attached hydrogens (primary N) is 1. The SMILES string of the molecule is COc1nc(N)nc2c1ncn2[C@@H]1O[C@H](COP(=O)(N[C@@H](C)C(=O)OCC(C)(C)C)Oc2ccccc2)C(O)[C@@]1(C)N=[N+]=[N-]. The van der Waals surface area contributed by atoms with E-state index in [1.165, 1.54) is 31.9 Å². The number of imidazole rings is 1. The number of hydrogen-bond donors (Lipinski definition) is 3. The minimum atomic E-state index is -4.31. The minimum Gasteiger partial charge on any atom is -0.479 e. The van der Waals surface area contributed by atoms with Crippen molar-refractivity contribution in [1.29, 1.82) is 0 Å². The summed E-state index contributed by atoms with van der Waals surface area (Å²) < 4.78 is 43.6. The van der Waals surface area contributed by atoms with Crippen LogP contribution in [0, 0.1) is 5.41 Å². The Morgan fingerprint density at radius 1 is 1.34 bits per heavy atom. The van der Waals surface area contributed by atoms with Crippen molar-refractivity contribution < 1.29 is 37.7 Å². The van der Waals surface area contributed by atoms with Crippen LogP contribution < -0.4 is 20.1 Å². The van der Waals surface area contributed by atoms with Crippen LogP contribution in [0.15, 0.2) is 41.8 Å². The summed E-state index contributed by atoms with van der Waals surface area (Å²) in [6, 6.07) is 7.10. The van der Waals surface area contributed by atoms with Crippen LogP contribution in [-0.2, 0) is 23.4 Å². The molecule has 0 radical (unpaired) electrons. The summed E-state index contributed by atoms with van der Waals surface area (Å²) in [5.41, 5.74) is 13.8. The molecule has 1 aliphatic heterocycles. The first-order valence-electron chi connectivity index (χ1n) is 13.6. The largest absolute Gasteiger partial charge is 0.479 e. The second-order valence-corrected chi connectivity index (χ2v) is 13.2. The average Bonchev–Trinajstić information content (AvgIpc) is 3.48. The lowest BCUT2D eigenvalue weighted by molar-refractivity contribution is -0.148. The Kier molecular flexibility index (Phi) is 9.68. The van der Waals surface area contributed by atoms with Crippen LogP contribution >= 0.6 is 7.75 Å². The van der Waals surface area contributed by atoms with Crippen LogP contribution in [0.4, 0.5) is 5.95 Å². The average molecular weight is 634 g/mol. The molecular formula is C26H36N9O8P. The molecule has 6 atom stereocenters. The molecule has 0 amide bonds. The molecule has 0 bridgehead atoms. The number of carbonyl (C=O) groups is 1. The van der Waals surface area contributed by atoms with E-state index in [2.05, 4.69) is 30.1 Å². The number of aliphatic hydroxyl groups excluding tert-OH is 1. The summed E-state index contributed by atoms with van der Waals surface area (Å²) in [5.74, 6) is -0.479. The maximum atomic E-state index is 14.0. The Hall–Kier alpha value is -3.98. The first-order valence-corrected chi connectivity index (χ1v) is 15.1. The molecule has 0 saturated carbocycles. The number of nitrogens with zero attached hydrogens (tertiary/aromatic N) is 7. The molecule has 0 aliphatic carbocycles. The number of benzene rings is 1. The van der Waals surface area contributed by atoms with Gasteiger partial charge in [-0.3, -0.25) is 13.9 Å². The van der Waals surface area contributed by atoms with Crippen LogP contribution in [0.25, 0.3) is 21.6 Å². The van der Waals surface area contributed by atoms with Gasteiger partial charge in [0.1, 0.15) is 23.4 Å². The molecule has 0 spiro atoms. The maximum Gasteiger partial charge on any atom is 0.459 e. The molecule has 2 unspecified atom stereocenters. The van der Waals surface area contributed by atoms with Gasteiger partial charge in [0.2, 0.25) is 11.8 Å². The Bertz CT molecular complexity index is 1580. The number of aromatic nitrogens is 4. The fourth-order valence-electron chi connectivity index (χ4n) is 4.39. The Morgan fingerprint density at radius 3 is 2.68 bits per heavy atom. The fraction of sp³-hybridized carbons (Fsp3) is 0.538. The van der Waals surface area contributed by atoms with E-state index in [-0.39, 0.29) is 40.8 Å². The normalized spacial score (nSPS) is 23.8. The number of ether oxygens (including phenoxy) is 3. The van der Waals surface area contributed by atoms with Gasteiger partial charge in [0.15, 0.2) is 17.4 Å². The van der Waals surface area contributed by atoms with Crippen molar-refractivity contribution in [2.45, 2.75) is 64.6 Å². The summed E-state index contributed by atoms with van der Waals surface area (Å²) in [6.45, 7) is 8.26. The lowest BCUT2D eigenvalue weighted by Gasteiger charge is -2.28. The van der Waals surface area contributed by atoms with Crippen molar-refractivity contribution >= 4 is 30.8 Å². The van der Waals surface area contributed by atoms with Gasteiger partial charge in [-0.15, -0.1) is 0 Å². The van der Waals surface area contributed by atoms with Gasteiger partial charge in [0.05, 0.1) is 32.8 Å². The lowest BCUT2D eigenvalue weighted by Crippen LogP contribution is -2.43. The van der Waals surface area contributed by atoms with Gasteiger partial charge in [0.25, 0.3) is 0 Å². The Balaban J connectivity index is 1.60. The third-order valence-corrected chi connectivity index (χ3v) is 8.24. The third-order valence-electron chi connectivity index (χ3n) is 6.60. The van der Waals surface area contributed by atoms with Crippen molar-refractivity contribution in [2.75, 3.05) is 26.1 Å². The highest BCUT2D eigenvalue weighted by atomic mass is 31.2. The van der Waals surface area contributed by atoms with E-state index in [4.69, 9.17) is 29.0 Å². The summed E-state index contributed by atoms with van der Waals surface area (Å²) in [5, 5.41) is 17.8. The predicted molar refractivity (Wildman–Crippen MR) is 157 cm³/mol. The molecule has 1 aromatic carbocycles. The molecule has 1 fully saturated rings. The van der Waals surface area contributed by atoms with Crippen molar-refractivity contribution in [3.05, 3.63) is 47.1 Å². The summed E-state index contributed by atoms with van der Waals surface area (Å²) in [6.07, 6.45) is -2.49. The number of fused-ring (bicyclic) bond motifs is 1. The van der Waals surface area contributed by atoms with Gasteiger partial charge >= 0.3 is 13.7 Å². The van der Waals surface area contributed by atoms with Crippen LogP contribution in [0.3, 0.4) is 0 Å². The molecule has 44 heavy (non-hydrogen) atoms. The number of nitrogen functional groups attached to an aromatic ring is 1. The van der Waals surface area contributed by atoms with E-state index in [1.54, 1.807) is 30.3 Å². The van der Waals surface area contributed by atoms with Crippen molar-refractivity contribution in [2.24, 2.45) is 10.5 Å². The molecule has 1 saturated heterocycles. The molecule has 1 aliphatic rings. The summed E-state index contributed by atoms with van der Waals surface area (Å²) in [7, 11) is -2.91. The minimum absolute atomic E-state index is 0.107. The van der Waals surface area contributed by atoms with E-state index in [0.29, 0.717) is 0 Å². The van der Waals surface area contributed by atoms with Gasteiger partial charge < -0.3 is 29.6 Å². The molecule has 18 heteroatoms. The lowest BCUT2D eigenvalue weighted by atomic mass is 9.93. The van der Waals surface area contributed by atoms with Crippen molar-refractivity contribution in [3.8, 4) is 11.6 Å². The highest BCUT2D eigenvalue weighted by Gasteiger charge is 2.55. The van der Waals surface area contributed by atoms with Crippen molar-refractivity contribution in [3.63, 3.8) is 0 Å². The number of rotatable bonds is 12. The molecule has 17 nitrogen and oxygen atoms in total. The molecule has 2 aromatic heterocycles. The number of esters is 1. The Morgan fingerprint density at radius 2 is 2.05 bits per heavy atom. The number of aliphatic hydroxyl groups is 1. The smallest absolute Gasteiger partial charge is 0.459 e. The fourth-order valence-corrected chi connectivity index (χ4v) is 5.89. The zero-order valence-electron chi connectivity index (χ0n) is 25.1. The zero-order chi connectivity index (χ0) is 32.3. The van der Waals surface area contributed by atoms with E-state index in [1.807, 2.05) is 20.8 Å². The third kappa shape index (κ3) is 7.21. The zero-order valence-corrected chi connectivity index (χ0v) is 26.0. The topological polar surface area (TPSA) is 231 Å². The standard InChI is InChI=1S/C26H36N9O8P/c1-15(22(37)40-13-25(2,3)4)32-44(38,43-16-10-8-7-9-11-16)41-12-17-19(36)26(5,33-34-28)23(42-17)35-14-29-18-20(35)30-24(27)31-21(18)39-6/h7-11,14-15,17,19,23,36H,12-13H2,1-6H3,(H,32,38)(H2,27,30,31)/t15-,17+,19?,23+,26+,44?/m0/s1. The number of anilines is 1. The van der Waals surface area contributed by atoms with Gasteiger partial charge in [0, 0.05) is 4.91 Å². The Labute approximate surface area is 253 Å². The first-order chi connectivity index (χ1) is 20.7. The highest BCUT2D eigenvalue weighted by Crippen LogP contribution is 2.48. The van der Waals surface area contributed by atoms with Crippen LogP contribution in [0.2, 0.25) is 0 Å². The monoisotopic (exact) mass is 633 g/mol. The van der Waals surface area contributed by atoms with Gasteiger partial charge in [-0.2, -0.15) is 15.1 Å². The van der Waals surface area contributed by atoms with Gasteiger partial charge in [-0.1, -0.05) is 44.1 Å². The van der Waals surface area contributed by atoms with Gasteiger partial charge in [-0.25, -0.2) is 9.55 Å². The molecule has 238 valence electrons. The first kappa shape index (κ1) is 32.9. The van der Waals surface area contributed by atoms with E-state index in [9.17, 15) is 20.0 Å². The predicted octanol–water partition coefficient (Wildman–Crippen LogP) is 3.52. The molecule has 3 heterocycles. The quantitative estimate of drug-likeness (QED) is 0.0853. The number of nitrogens with one attached hydrogen (secondary N) is 1. The number of para-hydroxylation sites is 1. The van der Waals surface area contributed by atoms with E-state index < -0.39 is 50.3 Å². The van der Waals surface area contributed by atoms with E-state index in [0.717, 1.165) is 0 Å². The summed E-state index contributed by atoms with van der Waals surface area (Å²) >= 11 is 0. The van der Waals surface area contributed by atoms with E-state index >= 15 is 0 Å². The molecule has 4 rings (SSSR count). The molecule has 4 N–H and O–H groups in total. The second-order valence-electron chi connectivity index (χ2n) is 11.5. The number of methoxy groups -OCH3 is 1. The van der Waals surface area contributed by atoms with Crippen LogP contribution in [-0.4, -0.2) is 74.7 Å². The number of carbonyl (C=O) groups excluding carboxylic acids is 1. The molecule has 3 aromatic rings. The summed E-state index contributed by atoms with van der Waals surface area (Å²) in [4.78, 5) is 28.1. The van der Waals surface area contributed by atoms with Crippen LogP contribution in [0.5, 0.6) is 11.6 Å². The molecular weight excluding hydrogens is 597 g/mol. The maximum absolute atomic E-state index is 14.0. The second kappa shape index (κ2) is 12.9. The highest BCUT2D eigenvalue weighted by molar-refractivity contribution is 7.52. The van der Waals surface area contributed by atoms with Crippen LogP contribution in [0.1, 0.15) is 40.8 Å². The van der Waals surface area contributed by atoms with Crippen molar-refractivity contribution in [1.82, 2.24) is 24.6 Å². The van der Waals surface area contributed by atoms with Gasteiger partial charge in [-0.05, 0) is 36.9 Å². The number of azide groups is 1. The number of hydrogen-bond acceptors (Lipinski definition) is 13.